The van der Waals surface area contributed by atoms with Gasteiger partial charge in [0.25, 0.3) is 6.43 Å². The van der Waals surface area contributed by atoms with Crippen LogP contribution in [0.3, 0.4) is 0 Å². The number of carbonyl (C=O) groups is 1. The van der Waals surface area contributed by atoms with Crippen LogP contribution in [-0.4, -0.2) is 34.9 Å². The molecule has 1 aliphatic heterocycles. The van der Waals surface area contributed by atoms with Crippen LogP contribution in [0.1, 0.15) is 37.9 Å². The van der Waals surface area contributed by atoms with Crippen LogP contribution in [0, 0.1) is 12.7 Å². The monoisotopic (exact) mass is 355 g/mol. The minimum Gasteiger partial charge on any atom is -0.357 e. The van der Waals surface area contributed by atoms with E-state index in [1.807, 2.05) is 13.8 Å². The molecule has 0 saturated carbocycles. The first-order valence-electron chi connectivity index (χ1n) is 8.56. The quantitative estimate of drug-likeness (QED) is 0.832. The Kier molecular flexibility index (Phi) is 6.33. The van der Waals surface area contributed by atoms with Gasteiger partial charge in [0.15, 0.2) is 0 Å². The van der Waals surface area contributed by atoms with Gasteiger partial charge in [0, 0.05) is 23.1 Å². The molecule has 2 N–H and O–H groups in total. The van der Waals surface area contributed by atoms with E-state index >= 15 is 0 Å². The minimum absolute atomic E-state index is 0.181. The van der Waals surface area contributed by atoms with E-state index in [-0.39, 0.29) is 12.4 Å². The summed E-state index contributed by atoms with van der Waals surface area (Å²) in [6.07, 6.45) is -1.61. The van der Waals surface area contributed by atoms with Crippen LogP contribution in [0.2, 0.25) is 0 Å². The number of aromatic amines is 1. The predicted molar refractivity (Wildman–Crippen MR) is 92.3 cm³/mol. The molecule has 2 amide bonds. The molecule has 0 spiro atoms. The van der Waals surface area contributed by atoms with Crippen LogP contribution in [0.25, 0.3) is 10.9 Å². The lowest BCUT2D eigenvalue weighted by Gasteiger charge is -2.24. The highest BCUT2D eigenvalue weighted by molar-refractivity contribution is 5.81. The number of amides is 2. The standard InChI is InChI=1S/C16H18F3N3O.C2H6/c1-9-5-13-10(7-12(9)17)6-11(21-13)8-20-16(23)22-4-2-3-14(22)15(18)19;1-2/h5-7,14-15,21H,2-4,8H2,1H3,(H,20,23);1-2H3. The number of H-pyrrole nitrogens is 1. The third-order valence-electron chi connectivity index (χ3n) is 4.24. The maximum atomic E-state index is 13.5. The van der Waals surface area contributed by atoms with Crippen LogP contribution in [0.4, 0.5) is 18.0 Å². The number of urea groups is 1. The average molecular weight is 355 g/mol. The Bertz CT molecular complexity index is 691. The fourth-order valence-electron chi connectivity index (χ4n) is 3.00. The first-order valence-corrected chi connectivity index (χ1v) is 8.56. The number of alkyl halides is 2. The van der Waals surface area contributed by atoms with E-state index in [4.69, 9.17) is 0 Å². The molecule has 2 heterocycles. The van der Waals surface area contributed by atoms with Gasteiger partial charge in [-0.2, -0.15) is 0 Å². The summed E-state index contributed by atoms with van der Waals surface area (Å²) in [6.45, 7) is 6.20. The summed E-state index contributed by atoms with van der Waals surface area (Å²) in [6, 6.07) is 3.37. The fraction of sp³-hybridized carbons (Fsp3) is 0.500. The topological polar surface area (TPSA) is 48.1 Å². The van der Waals surface area contributed by atoms with Gasteiger partial charge in [-0.25, -0.2) is 18.0 Å². The van der Waals surface area contributed by atoms with Gasteiger partial charge in [0.1, 0.15) is 5.82 Å². The Morgan fingerprint density at radius 2 is 2.08 bits per heavy atom. The third kappa shape index (κ3) is 4.27. The number of hydrogen-bond donors (Lipinski definition) is 2. The first-order chi connectivity index (χ1) is 12.0. The van der Waals surface area contributed by atoms with Crippen LogP contribution in [-0.2, 0) is 6.54 Å². The fourth-order valence-corrected chi connectivity index (χ4v) is 3.00. The van der Waals surface area contributed by atoms with E-state index in [9.17, 15) is 18.0 Å². The summed E-state index contributed by atoms with van der Waals surface area (Å²) in [4.78, 5) is 16.4. The highest BCUT2D eigenvalue weighted by Crippen LogP contribution is 2.23. The number of halogens is 3. The molecular weight excluding hydrogens is 331 g/mol. The SMILES string of the molecule is CC.Cc1cc2[nH]c(CNC(=O)N3CCCC3C(F)F)cc2cc1F. The second kappa shape index (κ2) is 8.27. The molecule has 1 aromatic heterocycles. The van der Waals surface area contributed by atoms with Crippen molar-refractivity contribution in [3.63, 3.8) is 0 Å². The molecule has 3 rings (SSSR count). The van der Waals surface area contributed by atoms with Crippen molar-refractivity contribution in [2.75, 3.05) is 6.54 Å². The molecule has 0 radical (unpaired) electrons. The van der Waals surface area contributed by atoms with Crippen LogP contribution in [0.5, 0.6) is 0 Å². The van der Waals surface area contributed by atoms with Crippen LogP contribution >= 0.6 is 0 Å². The molecule has 138 valence electrons. The Labute approximate surface area is 145 Å². The molecule has 4 nitrogen and oxygen atoms in total. The number of rotatable bonds is 3. The molecule has 7 heteroatoms. The minimum atomic E-state index is -2.53. The Hall–Kier alpha value is -2.18. The van der Waals surface area contributed by atoms with Crippen molar-refractivity contribution in [3.8, 4) is 0 Å². The van der Waals surface area contributed by atoms with Gasteiger partial charge < -0.3 is 15.2 Å². The molecular formula is C18H24F3N3O. The normalized spacial score (nSPS) is 16.9. The van der Waals surface area contributed by atoms with E-state index in [2.05, 4.69) is 10.3 Å². The Morgan fingerprint density at radius 3 is 2.76 bits per heavy atom. The lowest BCUT2D eigenvalue weighted by atomic mass is 10.2. The molecule has 1 aliphatic rings. The number of carbonyl (C=O) groups excluding carboxylic acids is 1. The van der Waals surface area contributed by atoms with Crippen molar-refractivity contribution in [1.29, 1.82) is 0 Å². The zero-order valence-corrected chi connectivity index (χ0v) is 14.7. The molecule has 1 aromatic carbocycles. The highest BCUT2D eigenvalue weighted by atomic mass is 19.3. The first kappa shape index (κ1) is 19.1. The largest absolute Gasteiger partial charge is 0.357 e. The molecule has 1 atom stereocenters. The van der Waals surface area contributed by atoms with Crippen LogP contribution in [0.15, 0.2) is 18.2 Å². The van der Waals surface area contributed by atoms with Crippen molar-refractivity contribution < 1.29 is 18.0 Å². The summed E-state index contributed by atoms with van der Waals surface area (Å²) in [7, 11) is 0. The predicted octanol–water partition coefficient (Wildman–Crippen LogP) is 4.58. The number of nitrogens with zero attached hydrogens (tertiary/aromatic N) is 1. The van der Waals surface area contributed by atoms with E-state index in [0.717, 1.165) is 5.52 Å². The van der Waals surface area contributed by atoms with Gasteiger partial charge in [0.05, 0.1) is 12.6 Å². The molecule has 25 heavy (non-hydrogen) atoms. The lowest BCUT2D eigenvalue weighted by molar-refractivity contribution is 0.0606. The van der Waals surface area contributed by atoms with Crippen LogP contribution < -0.4 is 5.32 Å². The Balaban J connectivity index is 0.00000109. The molecule has 0 bridgehead atoms. The lowest BCUT2D eigenvalue weighted by Crippen LogP contribution is -2.45. The molecule has 2 aromatic rings. The van der Waals surface area contributed by atoms with Crippen molar-refractivity contribution >= 4 is 16.9 Å². The number of aryl methyl sites for hydroxylation is 1. The summed E-state index contributed by atoms with van der Waals surface area (Å²) in [5, 5.41) is 3.36. The molecule has 1 fully saturated rings. The van der Waals surface area contributed by atoms with Crippen molar-refractivity contribution in [3.05, 3.63) is 35.3 Å². The summed E-state index contributed by atoms with van der Waals surface area (Å²) < 4.78 is 39.3. The van der Waals surface area contributed by atoms with Crippen molar-refractivity contribution in [2.45, 2.75) is 52.6 Å². The van der Waals surface area contributed by atoms with Gasteiger partial charge in [-0.05, 0) is 43.5 Å². The van der Waals surface area contributed by atoms with Gasteiger partial charge >= 0.3 is 6.03 Å². The second-order valence-electron chi connectivity index (χ2n) is 5.88. The third-order valence-corrected chi connectivity index (χ3v) is 4.24. The number of hydrogen-bond acceptors (Lipinski definition) is 1. The van der Waals surface area contributed by atoms with Gasteiger partial charge in [-0.1, -0.05) is 13.8 Å². The highest BCUT2D eigenvalue weighted by Gasteiger charge is 2.34. The summed E-state index contributed by atoms with van der Waals surface area (Å²) in [5.74, 6) is -0.288. The summed E-state index contributed by atoms with van der Waals surface area (Å²) in [5.41, 5.74) is 2.01. The molecule has 0 aliphatic carbocycles. The maximum Gasteiger partial charge on any atom is 0.318 e. The Morgan fingerprint density at radius 1 is 1.36 bits per heavy atom. The maximum absolute atomic E-state index is 13.5. The van der Waals surface area contributed by atoms with Gasteiger partial charge in [0.2, 0.25) is 0 Å². The van der Waals surface area contributed by atoms with E-state index < -0.39 is 18.5 Å². The number of likely N-dealkylation sites (tertiary alicyclic amines) is 1. The molecule has 1 unspecified atom stereocenters. The number of aromatic nitrogens is 1. The van der Waals surface area contributed by atoms with Gasteiger partial charge in [-0.3, -0.25) is 0 Å². The zero-order valence-electron chi connectivity index (χ0n) is 14.7. The van der Waals surface area contributed by atoms with E-state index in [1.165, 1.54) is 11.0 Å². The number of nitrogens with one attached hydrogen (secondary N) is 2. The summed E-state index contributed by atoms with van der Waals surface area (Å²) >= 11 is 0. The van der Waals surface area contributed by atoms with E-state index in [0.29, 0.717) is 36.0 Å². The zero-order chi connectivity index (χ0) is 18.6. The van der Waals surface area contributed by atoms with Gasteiger partial charge in [-0.15, -0.1) is 0 Å². The average Bonchev–Trinajstić information content (AvgIpc) is 3.22. The van der Waals surface area contributed by atoms with Crippen molar-refractivity contribution in [2.24, 2.45) is 0 Å². The second-order valence-corrected chi connectivity index (χ2v) is 5.88. The number of fused-ring (bicyclic) bond motifs is 1. The molecule has 1 saturated heterocycles. The number of benzene rings is 1. The van der Waals surface area contributed by atoms with E-state index in [1.54, 1.807) is 19.1 Å². The van der Waals surface area contributed by atoms with Crippen molar-refractivity contribution in [1.82, 2.24) is 15.2 Å². The smallest absolute Gasteiger partial charge is 0.318 e.